The molecule has 1 heterocycles. The molecular weight excluding hydrogens is 274 g/mol. The fourth-order valence-electron chi connectivity index (χ4n) is 2.47. The monoisotopic (exact) mass is 295 g/mol. The summed E-state index contributed by atoms with van der Waals surface area (Å²) in [6.07, 6.45) is 3.81. The molecule has 0 amide bonds. The van der Waals surface area contributed by atoms with Gasteiger partial charge in [0.15, 0.2) is 0 Å². The molecule has 1 aliphatic rings. The minimum Gasteiger partial charge on any atom is -0.507 e. The van der Waals surface area contributed by atoms with Gasteiger partial charge in [0.1, 0.15) is 10.1 Å². The van der Waals surface area contributed by atoms with Gasteiger partial charge in [-0.3, -0.25) is 0 Å². The molecule has 0 spiro atoms. The van der Waals surface area contributed by atoms with Gasteiger partial charge >= 0.3 is 0 Å². The molecule has 0 radical (unpaired) electrons. The van der Waals surface area contributed by atoms with Crippen molar-refractivity contribution in [2.75, 3.05) is 13.1 Å². The van der Waals surface area contributed by atoms with Gasteiger partial charge in [0.2, 0.25) is 0 Å². The predicted octanol–water partition coefficient (Wildman–Crippen LogP) is 4.01. The molecule has 19 heavy (non-hydrogen) atoms. The second-order valence-electron chi connectivity index (χ2n) is 5.19. The quantitative estimate of drug-likeness (QED) is 0.833. The van der Waals surface area contributed by atoms with Crippen LogP contribution in [0.3, 0.4) is 0 Å². The van der Waals surface area contributed by atoms with Crippen LogP contribution in [0.25, 0.3) is 0 Å². The van der Waals surface area contributed by atoms with Gasteiger partial charge in [-0.15, -0.1) is 0 Å². The van der Waals surface area contributed by atoms with Crippen molar-refractivity contribution in [2.24, 2.45) is 0 Å². The van der Waals surface area contributed by atoms with E-state index < -0.39 is 0 Å². The third-order valence-electron chi connectivity index (χ3n) is 3.49. The van der Waals surface area contributed by atoms with Crippen LogP contribution in [-0.4, -0.2) is 27.4 Å². The SMILES string of the molecule is Cc1cc(C)c(O)c(CSC(=S)N2CCCCC2)c1. The van der Waals surface area contributed by atoms with Crippen LogP contribution in [0.1, 0.15) is 36.0 Å². The van der Waals surface area contributed by atoms with Gasteiger partial charge in [-0.1, -0.05) is 41.7 Å². The Kier molecular flexibility index (Phi) is 5.11. The molecule has 0 atom stereocenters. The fraction of sp³-hybridized carbons (Fsp3) is 0.533. The highest BCUT2D eigenvalue weighted by Crippen LogP contribution is 2.28. The Hall–Kier alpha value is -0.740. The highest BCUT2D eigenvalue weighted by atomic mass is 32.2. The zero-order valence-electron chi connectivity index (χ0n) is 11.6. The summed E-state index contributed by atoms with van der Waals surface area (Å²) >= 11 is 7.15. The zero-order chi connectivity index (χ0) is 13.8. The second-order valence-corrected chi connectivity index (χ2v) is 6.80. The van der Waals surface area contributed by atoms with Gasteiger partial charge in [-0.05, 0) is 38.7 Å². The van der Waals surface area contributed by atoms with E-state index in [2.05, 4.69) is 11.8 Å². The van der Waals surface area contributed by atoms with Gasteiger partial charge in [-0.2, -0.15) is 0 Å². The maximum Gasteiger partial charge on any atom is 0.136 e. The number of phenols is 1. The topological polar surface area (TPSA) is 23.5 Å². The van der Waals surface area contributed by atoms with E-state index in [4.69, 9.17) is 12.2 Å². The summed E-state index contributed by atoms with van der Waals surface area (Å²) in [5, 5.41) is 10.1. The summed E-state index contributed by atoms with van der Waals surface area (Å²) < 4.78 is 0.971. The average Bonchev–Trinajstić information content (AvgIpc) is 2.41. The molecule has 104 valence electrons. The van der Waals surface area contributed by atoms with Crippen molar-refractivity contribution in [1.29, 1.82) is 0 Å². The average molecular weight is 295 g/mol. The summed E-state index contributed by atoms with van der Waals surface area (Å²) in [6.45, 7) is 6.18. The first kappa shape index (κ1) is 14.7. The summed E-state index contributed by atoms with van der Waals surface area (Å²) in [5.41, 5.74) is 3.12. The summed E-state index contributed by atoms with van der Waals surface area (Å²) in [7, 11) is 0. The van der Waals surface area contributed by atoms with E-state index in [1.54, 1.807) is 11.8 Å². The molecule has 1 N–H and O–H groups in total. The van der Waals surface area contributed by atoms with Crippen molar-refractivity contribution in [2.45, 2.75) is 38.9 Å². The van der Waals surface area contributed by atoms with Crippen LogP contribution in [-0.2, 0) is 5.75 Å². The van der Waals surface area contributed by atoms with Crippen molar-refractivity contribution in [3.05, 3.63) is 28.8 Å². The molecular formula is C15H21NOS2. The first-order valence-corrected chi connectivity index (χ1v) is 8.18. The first-order valence-electron chi connectivity index (χ1n) is 6.78. The van der Waals surface area contributed by atoms with Crippen LogP contribution in [0, 0.1) is 13.8 Å². The molecule has 0 aliphatic carbocycles. The molecule has 2 rings (SSSR count). The number of hydrogen-bond donors (Lipinski definition) is 1. The van der Waals surface area contributed by atoms with Crippen molar-refractivity contribution >= 4 is 28.3 Å². The summed E-state index contributed by atoms with van der Waals surface area (Å²) in [5.74, 6) is 1.17. The van der Waals surface area contributed by atoms with Crippen LogP contribution in [0.4, 0.5) is 0 Å². The molecule has 0 saturated carbocycles. The molecule has 1 aromatic carbocycles. The van der Waals surface area contributed by atoms with Crippen LogP contribution < -0.4 is 0 Å². The van der Waals surface area contributed by atoms with Crippen LogP contribution >= 0.6 is 24.0 Å². The van der Waals surface area contributed by atoms with E-state index in [0.29, 0.717) is 5.75 Å². The Morgan fingerprint density at radius 1 is 1.26 bits per heavy atom. The van der Waals surface area contributed by atoms with Gasteiger partial charge in [0, 0.05) is 24.4 Å². The van der Waals surface area contributed by atoms with Gasteiger partial charge in [0.25, 0.3) is 0 Å². The van der Waals surface area contributed by atoms with Gasteiger partial charge < -0.3 is 10.0 Å². The molecule has 2 nitrogen and oxygen atoms in total. The van der Waals surface area contributed by atoms with E-state index in [1.807, 2.05) is 19.1 Å². The van der Waals surface area contributed by atoms with Gasteiger partial charge in [0.05, 0.1) is 0 Å². The molecule has 0 bridgehead atoms. The number of thiocarbonyl (C=S) groups is 1. The first-order chi connectivity index (χ1) is 9.08. The maximum absolute atomic E-state index is 10.1. The highest BCUT2D eigenvalue weighted by Gasteiger charge is 2.14. The van der Waals surface area contributed by atoms with Gasteiger partial charge in [-0.25, -0.2) is 0 Å². The van der Waals surface area contributed by atoms with E-state index in [-0.39, 0.29) is 0 Å². The Morgan fingerprint density at radius 3 is 2.63 bits per heavy atom. The van der Waals surface area contributed by atoms with Crippen LogP contribution in [0.15, 0.2) is 12.1 Å². The molecule has 1 aromatic rings. The number of piperidine rings is 1. The Balaban J connectivity index is 1.96. The van der Waals surface area contributed by atoms with Crippen molar-refractivity contribution in [3.63, 3.8) is 0 Å². The minimum absolute atomic E-state index is 0.416. The second kappa shape index (κ2) is 6.62. The number of hydrogen-bond acceptors (Lipinski definition) is 3. The largest absolute Gasteiger partial charge is 0.507 e. The lowest BCUT2D eigenvalue weighted by Gasteiger charge is -2.28. The van der Waals surface area contributed by atoms with E-state index >= 15 is 0 Å². The van der Waals surface area contributed by atoms with Crippen LogP contribution in [0.5, 0.6) is 5.75 Å². The van der Waals surface area contributed by atoms with E-state index in [1.165, 1.54) is 24.8 Å². The van der Waals surface area contributed by atoms with Crippen molar-refractivity contribution < 1.29 is 5.11 Å². The lowest BCUT2D eigenvalue weighted by molar-refractivity contribution is 0.352. The molecule has 0 unspecified atom stereocenters. The Labute approximate surface area is 125 Å². The Morgan fingerprint density at radius 2 is 1.95 bits per heavy atom. The standard InChI is InChI=1S/C15H21NOS2/c1-11-8-12(2)14(17)13(9-11)10-19-15(18)16-6-4-3-5-7-16/h8-9,17H,3-7,10H2,1-2H3. The molecule has 0 aromatic heterocycles. The Bertz CT molecular complexity index is 467. The minimum atomic E-state index is 0.416. The van der Waals surface area contributed by atoms with E-state index in [0.717, 1.165) is 34.3 Å². The number of aryl methyl sites for hydroxylation is 2. The highest BCUT2D eigenvalue weighted by molar-refractivity contribution is 8.22. The molecule has 1 fully saturated rings. The fourth-order valence-corrected chi connectivity index (χ4v) is 3.69. The lowest BCUT2D eigenvalue weighted by Crippen LogP contribution is -2.32. The molecule has 4 heteroatoms. The number of likely N-dealkylation sites (tertiary alicyclic amines) is 1. The van der Waals surface area contributed by atoms with Crippen molar-refractivity contribution in [3.8, 4) is 5.75 Å². The number of aromatic hydroxyl groups is 1. The smallest absolute Gasteiger partial charge is 0.136 e. The lowest BCUT2D eigenvalue weighted by atomic mass is 10.1. The van der Waals surface area contributed by atoms with Crippen LogP contribution in [0.2, 0.25) is 0 Å². The molecule has 1 aliphatic heterocycles. The maximum atomic E-state index is 10.1. The normalized spacial score (nSPS) is 15.6. The number of thioether (sulfide) groups is 1. The third-order valence-corrected chi connectivity index (χ3v) is 5.06. The molecule has 1 saturated heterocycles. The summed E-state index contributed by atoms with van der Waals surface area (Å²) in [6, 6.07) is 4.06. The number of phenolic OH excluding ortho intramolecular Hbond substituents is 1. The number of nitrogens with zero attached hydrogens (tertiary/aromatic N) is 1. The number of rotatable bonds is 2. The number of benzene rings is 1. The predicted molar refractivity (Wildman–Crippen MR) is 86.9 cm³/mol. The van der Waals surface area contributed by atoms with E-state index in [9.17, 15) is 5.11 Å². The van der Waals surface area contributed by atoms with Crippen molar-refractivity contribution in [1.82, 2.24) is 4.90 Å². The third kappa shape index (κ3) is 3.86. The zero-order valence-corrected chi connectivity index (χ0v) is 13.2. The summed E-state index contributed by atoms with van der Waals surface area (Å²) in [4.78, 5) is 2.29.